The number of rotatable bonds is 0. The van der Waals surface area contributed by atoms with Crippen LogP contribution in [0.4, 0.5) is 0 Å². The zero-order valence-electron chi connectivity index (χ0n) is 7.29. The SMILES string of the molecule is Cl.c1cc2c3c(cccc3c1)CC2. The Morgan fingerprint density at radius 2 is 1.31 bits per heavy atom. The largest absolute Gasteiger partial charge is 0.147 e. The Morgan fingerprint density at radius 3 is 1.85 bits per heavy atom. The van der Waals surface area contributed by atoms with Crippen molar-refractivity contribution in [2.75, 3.05) is 0 Å². The fourth-order valence-electron chi connectivity index (χ4n) is 2.19. The second-order valence-electron chi connectivity index (χ2n) is 3.43. The maximum Gasteiger partial charge on any atom is -0.0120 e. The molecule has 3 rings (SSSR count). The van der Waals surface area contributed by atoms with E-state index in [1.165, 1.54) is 34.7 Å². The second-order valence-corrected chi connectivity index (χ2v) is 3.43. The summed E-state index contributed by atoms with van der Waals surface area (Å²) >= 11 is 0. The van der Waals surface area contributed by atoms with Crippen LogP contribution in [0.5, 0.6) is 0 Å². The molecule has 0 saturated heterocycles. The monoisotopic (exact) mass is 190 g/mol. The third-order valence-electron chi connectivity index (χ3n) is 2.74. The fraction of sp³-hybridized carbons (Fsp3) is 0.167. The van der Waals surface area contributed by atoms with E-state index in [1.54, 1.807) is 0 Å². The molecule has 1 aliphatic carbocycles. The molecule has 0 amide bonds. The Kier molecular flexibility index (Phi) is 2.01. The van der Waals surface area contributed by atoms with Gasteiger partial charge in [0.15, 0.2) is 0 Å². The van der Waals surface area contributed by atoms with Crippen molar-refractivity contribution in [1.82, 2.24) is 0 Å². The molecule has 0 spiro atoms. The Morgan fingerprint density at radius 1 is 0.769 bits per heavy atom. The first-order valence-electron chi connectivity index (χ1n) is 4.45. The summed E-state index contributed by atoms with van der Waals surface area (Å²) in [6.45, 7) is 0. The van der Waals surface area contributed by atoms with Crippen molar-refractivity contribution in [3.8, 4) is 0 Å². The number of hydrogen-bond donors (Lipinski definition) is 0. The maximum absolute atomic E-state index is 2.25. The molecule has 0 N–H and O–H groups in total. The van der Waals surface area contributed by atoms with Crippen molar-refractivity contribution in [3.63, 3.8) is 0 Å². The van der Waals surface area contributed by atoms with Crippen LogP contribution < -0.4 is 0 Å². The summed E-state index contributed by atoms with van der Waals surface area (Å²) in [4.78, 5) is 0. The lowest BCUT2D eigenvalue weighted by molar-refractivity contribution is 1.02. The highest BCUT2D eigenvalue weighted by Gasteiger charge is 2.11. The summed E-state index contributed by atoms with van der Waals surface area (Å²) in [5.41, 5.74) is 3.06. The molecular weight excluding hydrogens is 180 g/mol. The average molecular weight is 191 g/mol. The minimum absolute atomic E-state index is 0. The number of benzene rings is 2. The fourth-order valence-corrected chi connectivity index (χ4v) is 2.19. The number of halogens is 1. The van der Waals surface area contributed by atoms with E-state index in [2.05, 4.69) is 36.4 Å². The zero-order chi connectivity index (χ0) is 7.97. The molecule has 0 radical (unpaired) electrons. The molecule has 13 heavy (non-hydrogen) atoms. The summed E-state index contributed by atoms with van der Waals surface area (Å²) < 4.78 is 0. The minimum Gasteiger partial charge on any atom is -0.147 e. The van der Waals surface area contributed by atoms with E-state index in [-0.39, 0.29) is 12.4 Å². The van der Waals surface area contributed by atoms with Crippen LogP contribution in [0.2, 0.25) is 0 Å². The lowest BCUT2D eigenvalue weighted by atomic mass is 10.1. The van der Waals surface area contributed by atoms with Crippen LogP contribution in [0.25, 0.3) is 10.8 Å². The van der Waals surface area contributed by atoms with E-state index in [0.29, 0.717) is 0 Å². The third kappa shape index (κ3) is 1.13. The van der Waals surface area contributed by atoms with E-state index in [0.717, 1.165) is 0 Å². The van der Waals surface area contributed by atoms with Crippen molar-refractivity contribution in [2.24, 2.45) is 0 Å². The first kappa shape index (κ1) is 8.58. The van der Waals surface area contributed by atoms with E-state index < -0.39 is 0 Å². The Labute approximate surface area is 84.0 Å². The molecule has 0 heterocycles. The molecule has 66 valence electrons. The van der Waals surface area contributed by atoms with Crippen molar-refractivity contribution in [1.29, 1.82) is 0 Å². The molecule has 1 aliphatic rings. The molecule has 0 aliphatic heterocycles. The van der Waals surface area contributed by atoms with Gasteiger partial charge in [-0.1, -0.05) is 36.4 Å². The molecule has 0 fully saturated rings. The van der Waals surface area contributed by atoms with Crippen molar-refractivity contribution in [3.05, 3.63) is 47.5 Å². The average Bonchev–Trinajstić information content (AvgIpc) is 2.52. The second kappa shape index (κ2) is 3.04. The van der Waals surface area contributed by atoms with Gasteiger partial charge in [-0.3, -0.25) is 0 Å². The maximum atomic E-state index is 2.25. The van der Waals surface area contributed by atoms with Gasteiger partial charge in [0.2, 0.25) is 0 Å². The summed E-state index contributed by atoms with van der Waals surface area (Å²) in [5, 5.41) is 2.92. The first-order valence-corrected chi connectivity index (χ1v) is 4.45. The summed E-state index contributed by atoms with van der Waals surface area (Å²) in [6, 6.07) is 13.2. The summed E-state index contributed by atoms with van der Waals surface area (Å²) in [6.07, 6.45) is 2.47. The van der Waals surface area contributed by atoms with Crippen LogP contribution in [0.3, 0.4) is 0 Å². The van der Waals surface area contributed by atoms with Crippen LogP contribution >= 0.6 is 12.4 Å². The smallest absolute Gasteiger partial charge is 0.0120 e. The van der Waals surface area contributed by atoms with Crippen molar-refractivity contribution >= 4 is 23.2 Å². The molecular formula is C12H11Cl. The summed E-state index contributed by atoms with van der Waals surface area (Å²) in [5.74, 6) is 0. The quantitative estimate of drug-likeness (QED) is 0.598. The molecule has 0 atom stereocenters. The Hall–Kier alpha value is -1.01. The van der Waals surface area contributed by atoms with Gasteiger partial charge >= 0.3 is 0 Å². The van der Waals surface area contributed by atoms with Crippen LogP contribution in [0, 0.1) is 0 Å². The van der Waals surface area contributed by atoms with Gasteiger partial charge in [0.1, 0.15) is 0 Å². The van der Waals surface area contributed by atoms with Crippen LogP contribution in [0.1, 0.15) is 11.1 Å². The third-order valence-corrected chi connectivity index (χ3v) is 2.74. The minimum atomic E-state index is 0. The number of hydrogen-bond acceptors (Lipinski definition) is 0. The van der Waals surface area contributed by atoms with Crippen LogP contribution in [-0.2, 0) is 12.8 Å². The van der Waals surface area contributed by atoms with E-state index in [9.17, 15) is 0 Å². The molecule has 1 heteroatoms. The Bertz CT molecular complexity index is 407. The van der Waals surface area contributed by atoms with Crippen molar-refractivity contribution in [2.45, 2.75) is 12.8 Å². The highest BCUT2D eigenvalue weighted by molar-refractivity contribution is 5.90. The van der Waals surface area contributed by atoms with Crippen LogP contribution in [-0.4, -0.2) is 0 Å². The van der Waals surface area contributed by atoms with E-state index >= 15 is 0 Å². The van der Waals surface area contributed by atoms with Crippen molar-refractivity contribution < 1.29 is 0 Å². The molecule has 0 aromatic heterocycles. The molecule has 2 aromatic rings. The normalized spacial score (nSPS) is 12.9. The van der Waals surface area contributed by atoms with E-state index in [1.807, 2.05) is 0 Å². The Balaban J connectivity index is 0.000000653. The topological polar surface area (TPSA) is 0 Å². The van der Waals surface area contributed by atoms with Gasteiger partial charge in [-0.25, -0.2) is 0 Å². The molecule has 2 aromatic carbocycles. The van der Waals surface area contributed by atoms with Crippen LogP contribution in [0.15, 0.2) is 36.4 Å². The van der Waals surface area contributed by atoms with Gasteiger partial charge in [0, 0.05) is 0 Å². The van der Waals surface area contributed by atoms with E-state index in [4.69, 9.17) is 0 Å². The van der Waals surface area contributed by atoms with Gasteiger partial charge in [0.25, 0.3) is 0 Å². The molecule has 0 saturated carbocycles. The van der Waals surface area contributed by atoms with Gasteiger partial charge in [-0.05, 0) is 34.7 Å². The standard InChI is InChI=1S/C12H10.ClH/c1-3-9-4-2-6-11-8-7-10(5-1)12(9)11;/h1-6H,7-8H2;1H. The lowest BCUT2D eigenvalue weighted by Gasteiger charge is -1.99. The predicted molar refractivity (Wildman–Crippen MR) is 58.6 cm³/mol. The zero-order valence-corrected chi connectivity index (χ0v) is 8.10. The first-order chi connectivity index (χ1) is 5.95. The molecule has 0 bridgehead atoms. The van der Waals surface area contributed by atoms with Gasteiger partial charge in [0.05, 0.1) is 0 Å². The molecule has 0 nitrogen and oxygen atoms in total. The van der Waals surface area contributed by atoms with Gasteiger partial charge < -0.3 is 0 Å². The predicted octanol–water partition coefficient (Wildman–Crippen LogP) is 3.36. The highest BCUT2D eigenvalue weighted by Crippen LogP contribution is 2.29. The number of aryl methyl sites for hydroxylation is 2. The summed E-state index contributed by atoms with van der Waals surface area (Å²) in [7, 11) is 0. The highest BCUT2D eigenvalue weighted by atomic mass is 35.5. The lowest BCUT2D eigenvalue weighted by Crippen LogP contribution is -1.76. The van der Waals surface area contributed by atoms with Gasteiger partial charge in [-0.15, -0.1) is 12.4 Å². The van der Waals surface area contributed by atoms with Gasteiger partial charge in [-0.2, -0.15) is 0 Å². The molecule has 0 unspecified atom stereocenters.